The molecule has 1 rings (SSSR count). The Morgan fingerprint density at radius 2 is 1.82 bits per heavy atom. The van der Waals surface area contributed by atoms with Crippen molar-refractivity contribution in [2.24, 2.45) is 0 Å². The van der Waals surface area contributed by atoms with Gasteiger partial charge in [0.1, 0.15) is 6.67 Å². The zero-order valence-corrected chi connectivity index (χ0v) is 6.35. The molecule has 0 aromatic heterocycles. The number of hydrogen-bond acceptors (Lipinski definition) is 0. The normalized spacial score (nSPS) is 15.9. The van der Waals surface area contributed by atoms with Crippen LogP contribution in [0.15, 0.2) is 30.3 Å². The highest BCUT2D eigenvalue weighted by atomic mass is 19.2. The van der Waals surface area contributed by atoms with Gasteiger partial charge in [0.25, 0.3) is 0 Å². The SMILES string of the molecule is CC(F)(CF)c1ccccc1. The molecule has 0 radical (unpaired) electrons. The Kier molecular flexibility index (Phi) is 2.22. The lowest BCUT2D eigenvalue weighted by atomic mass is 10.00. The number of alkyl halides is 2. The summed E-state index contributed by atoms with van der Waals surface area (Å²) in [5, 5.41) is 0. The molecule has 1 aromatic carbocycles. The van der Waals surface area contributed by atoms with Crippen LogP contribution in [0.3, 0.4) is 0 Å². The molecule has 0 N–H and O–H groups in total. The van der Waals surface area contributed by atoms with Crippen molar-refractivity contribution < 1.29 is 8.78 Å². The van der Waals surface area contributed by atoms with Gasteiger partial charge in [-0.25, -0.2) is 8.78 Å². The van der Waals surface area contributed by atoms with E-state index in [0.717, 1.165) is 0 Å². The minimum Gasteiger partial charge on any atom is -0.247 e. The van der Waals surface area contributed by atoms with Crippen LogP contribution >= 0.6 is 0 Å². The van der Waals surface area contributed by atoms with Gasteiger partial charge in [-0.2, -0.15) is 0 Å². The van der Waals surface area contributed by atoms with Crippen molar-refractivity contribution in [2.45, 2.75) is 12.6 Å². The van der Waals surface area contributed by atoms with Gasteiger partial charge in [0.15, 0.2) is 5.67 Å². The molecule has 0 heterocycles. The maximum absolute atomic E-state index is 13.2. The predicted octanol–water partition coefficient (Wildman–Crippen LogP) is 2.84. The molecule has 0 saturated carbocycles. The van der Waals surface area contributed by atoms with Crippen molar-refractivity contribution in [3.05, 3.63) is 35.9 Å². The molecule has 1 unspecified atom stereocenters. The first-order valence-electron chi connectivity index (χ1n) is 3.47. The summed E-state index contributed by atoms with van der Waals surface area (Å²) >= 11 is 0. The predicted molar refractivity (Wildman–Crippen MR) is 40.9 cm³/mol. The molecule has 0 amide bonds. The first kappa shape index (κ1) is 8.18. The van der Waals surface area contributed by atoms with Gasteiger partial charge in [-0.05, 0) is 12.5 Å². The number of halogens is 2. The molecule has 0 saturated heterocycles. The second-order valence-corrected chi connectivity index (χ2v) is 2.70. The van der Waals surface area contributed by atoms with Crippen LogP contribution in [0, 0.1) is 0 Å². The van der Waals surface area contributed by atoms with Crippen LogP contribution < -0.4 is 0 Å². The summed E-state index contributed by atoms with van der Waals surface area (Å²) in [6.07, 6.45) is 0. The Balaban J connectivity index is 2.93. The first-order valence-corrected chi connectivity index (χ1v) is 3.47. The molecule has 1 atom stereocenters. The summed E-state index contributed by atoms with van der Waals surface area (Å²) in [4.78, 5) is 0. The number of benzene rings is 1. The summed E-state index contributed by atoms with van der Waals surface area (Å²) in [7, 11) is 0. The lowest BCUT2D eigenvalue weighted by Gasteiger charge is -2.15. The van der Waals surface area contributed by atoms with E-state index in [1.165, 1.54) is 6.92 Å². The molecule has 2 heteroatoms. The van der Waals surface area contributed by atoms with E-state index in [0.29, 0.717) is 5.56 Å². The van der Waals surface area contributed by atoms with Gasteiger partial charge in [-0.3, -0.25) is 0 Å². The van der Waals surface area contributed by atoms with Crippen molar-refractivity contribution in [2.75, 3.05) is 6.67 Å². The molecule has 0 bridgehead atoms. The van der Waals surface area contributed by atoms with Crippen LogP contribution in [-0.2, 0) is 5.67 Å². The summed E-state index contributed by atoms with van der Waals surface area (Å²) in [5.74, 6) is 0. The summed E-state index contributed by atoms with van der Waals surface area (Å²) in [6.45, 7) is 0.263. The van der Waals surface area contributed by atoms with E-state index in [1.54, 1.807) is 30.3 Å². The fraction of sp³-hybridized carbons (Fsp3) is 0.333. The standard InChI is InChI=1S/C9H10F2/c1-9(11,7-10)8-5-3-2-4-6-8/h2-6H,7H2,1H3. The average molecular weight is 156 g/mol. The van der Waals surface area contributed by atoms with Crippen LogP contribution in [0.25, 0.3) is 0 Å². The monoisotopic (exact) mass is 156 g/mol. The third-order valence-corrected chi connectivity index (χ3v) is 1.63. The Labute approximate surface area is 64.9 Å². The highest BCUT2D eigenvalue weighted by molar-refractivity contribution is 5.21. The van der Waals surface area contributed by atoms with Crippen molar-refractivity contribution >= 4 is 0 Å². The third kappa shape index (κ3) is 1.76. The largest absolute Gasteiger partial charge is 0.247 e. The fourth-order valence-electron chi connectivity index (χ4n) is 0.863. The van der Waals surface area contributed by atoms with Crippen LogP contribution in [0.5, 0.6) is 0 Å². The Morgan fingerprint density at radius 1 is 1.27 bits per heavy atom. The van der Waals surface area contributed by atoms with Gasteiger partial charge in [0.2, 0.25) is 0 Å². The van der Waals surface area contributed by atoms with Crippen LogP contribution in [-0.4, -0.2) is 6.67 Å². The van der Waals surface area contributed by atoms with E-state index in [2.05, 4.69) is 0 Å². The van der Waals surface area contributed by atoms with Gasteiger partial charge in [0.05, 0.1) is 0 Å². The molecule has 1 aromatic rings. The van der Waals surface area contributed by atoms with E-state index in [1.807, 2.05) is 0 Å². The average Bonchev–Trinajstić information content (AvgIpc) is 2.06. The second kappa shape index (κ2) is 2.99. The van der Waals surface area contributed by atoms with Crippen molar-refractivity contribution in [3.63, 3.8) is 0 Å². The van der Waals surface area contributed by atoms with E-state index < -0.39 is 12.3 Å². The van der Waals surface area contributed by atoms with Crippen molar-refractivity contribution in [1.29, 1.82) is 0 Å². The molecule has 0 aliphatic heterocycles. The molecule has 0 aliphatic rings. The zero-order valence-electron chi connectivity index (χ0n) is 6.35. The van der Waals surface area contributed by atoms with Gasteiger partial charge >= 0.3 is 0 Å². The van der Waals surface area contributed by atoms with Crippen LogP contribution in [0.1, 0.15) is 12.5 Å². The minimum absolute atomic E-state index is 0.391. The van der Waals surface area contributed by atoms with Gasteiger partial charge in [-0.1, -0.05) is 30.3 Å². The smallest absolute Gasteiger partial charge is 0.161 e. The maximum atomic E-state index is 13.2. The minimum atomic E-state index is -1.83. The molecule has 0 nitrogen and oxygen atoms in total. The topological polar surface area (TPSA) is 0 Å². The molecule has 11 heavy (non-hydrogen) atoms. The van der Waals surface area contributed by atoms with E-state index in [9.17, 15) is 8.78 Å². The van der Waals surface area contributed by atoms with Crippen LogP contribution in [0.4, 0.5) is 8.78 Å². The quantitative estimate of drug-likeness (QED) is 0.617. The van der Waals surface area contributed by atoms with Crippen molar-refractivity contribution in [1.82, 2.24) is 0 Å². The van der Waals surface area contributed by atoms with Gasteiger partial charge in [-0.15, -0.1) is 0 Å². The summed E-state index contributed by atoms with van der Waals surface area (Å²) < 4.78 is 25.3. The highest BCUT2D eigenvalue weighted by Gasteiger charge is 2.24. The van der Waals surface area contributed by atoms with E-state index >= 15 is 0 Å². The Bertz CT molecular complexity index is 216. The molecule has 0 aliphatic carbocycles. The summed E-state index contributed by atoms with van der Waals surface area (Å²) in [5.41, 5.74) is -1.44. The van der Waals surface area contributed by atoms with Crippen molar-refractivity contribution in [3.8, 4) is 0 Å². The van der Waals surface area contributed by atoms with Gasteiger partial charge in [0, 0.05) is 0 Å². The Hall–Kier alpha value is -0.920. The van der Waals surface area contributed by atoms with Crippen LogP contribution in [0.2, 0.25) is 0 Å². The second-order valence-electron chi connectivity index (χ2n) is 2.70. The lowest BCUT2D eigenvalue weighted by Crippen LogP contribution is -2.17. The molecule has 0 fully saturated rings. The maximum Gasteiger partial charge on any atom is 0.161 e. The molecular formula is C9H10F2. The van der Waals surface area contributed by atoms with E-state index in [4.69, 9.17) is 0 Å². The first-order chi connectivity index (χ1) is 5.17. The van der Waals surface area contributed by atoms with E-state index in [-0.39, 0.29) is 0 Å². The fourth-order valence-corrected chi connectivity index (χ4v) is 0.863. The lowest BCUT2D eigenvalue weighted by molar-refractivity contribution is 0.142. The summed E-state index contributed by atoms with van der Waals surface area (Å²) in [6, 6.07) is 8.34. The molecule has 60 valence electrons. The zero-order chi connectivity index (χ0) is 8.32. The van der Waals surface area contributed by atoms with Gasteiger partial charge < -0.3 is 0 Å². The molecular weight excluding hydrogens is 146 g/mol. The number of rotatable bonds is 2. The Morgan fingerprint density at radius 3 is 2.27 bits per heavy atom. The highest BCUT2D eigenvalue weighted by Crippen LogP contribution is 2.24. The molecule has 0 spiro atoms. The number of hydrogen-bond donors (Lipinski definition) is 0. The third-order valence-electron chi connectivity index (χ3n) is 1.63.